The van der Waals surface area contributed by atoms with Crippen molar-refractivity contribution in [2.45, 2.75) is 45.8 Å². The first-order valence-electron chi connectivity index (χ1n) is 23.6. The zero-order valence-corrected chi connectivity index (χ0v) is 40.8. The van der Waals surface area contributed by atoms with Gasteiger partial charge in [-0.15, -0.1) is 29.7 Å². The summed E-state index contributed by atoms with van der Waals surface area (Å²) in [6.07, 6.45) is 9.11. The van der Waals surface area contributed by atoms with Gasteiger partial charge in [0.1, 0.15) is 0 Å². The second-order valence-corrected chi connectivity index (χ2v) is 18.9. The Hall–Kier alpha value is -6.97. The number of rotatable bonds is 2. The fourth-order valence-electron chi connectivity index (χ4n) is 9.44. The molecule has 0 nitrogen and oxygen atoms in total. The number of allylic oxidation sites excluding steroid dienone is 2. The molecule has 1 aromatic heterocycles. The molecule has 328 valence electrons. The lowest BCUT2D eigenvalue weighted by Crippen LogP contribution is -2.19. The number of hydrogen-bond acceptors (Lipinski definition) is 2. The van der Waals surface area contributed by atoms with Gasteiger partial charge in [-0.3, -0.25) is 0 Å². The molecule has 67 heavy (non-hydrogen) atoms. The monoisotopic (exact) mass is 900 g/mol. The maximum absolute atomic E-state index is 3.76. The molecule has 0 bridgehead atoms. The van der Waals surface area contributed by atoms with E-state index in [9.17, 15) is 0 Å². The Kier molecular flexibility index (Phi) is 13.4. The van der Waals surface area contributed by atoms with Gasteiger partial charge in [0.05, 0.1) is 0 Å². The molecular formula is C65H56S2. The molecule has 1 aliphatic heterocycles. The van der Waals surface area contributed by atoms with Crippen molar-refractivity contribution in [2.24, 2.45) is 0 Å². The highest BCUT2D eigenvalue weighted by molar-refractivity contribution is 8.09. The summed E-state index contributed by atoms with van der Waals surface area (Å²) in [4.78, 5) is 2.70. The van der Waals surface area contributed by atoms with Crippen molar-refractivity contribution in [3.8, 4) is 10.4 Å². The van der Waals surface area contributed by atoms with Crippen molar-refractivity contribution >= 4 is 122 Å². The van der Waals surface area contributed by atoms with Crippen molar-refractivity contribution in [2.75, 3.05) is 0 Å². The van der Waals surface area contributed by atoms with Crippen LogP contribution in [0.2, 0.25) is 0 Å². The van der Waals surface area contributed by atoms with Gasteiger partial charge in [-0.2, -0.15) is 0 Å². The Balaban J connectivity index is 0.000000330. The van der Waals surface area contributed by atoms with Gasteiger partial charge in [-0.25, -0.2) is 0 Å². The minimum absolute atomic E-state index is 0.370. The van der Waals surface area contributed by atoms with Crippen molar-refractivity contribution in [3.63, 3.8) is 0 Å². The lowest BCUT2D eigenvalue weighted by atomic mass is 9.83. The molecule has 11 aromatic rings. The molecule has 0 saturated carbocycles. The summed E-state index contributed by atoms with van der Waals surface area (Å²) in [6.45, 7) is 20.8. The second-order valence-electron chi connectivity index (χ2n) is 16.6. The molecule has 0 spiro atoms. The van der Waals surface area contributed by atoms with E-state index < -0.39 is 0 Å². The van der Waals surface area contributed by atoms with Gasteiger partial charge in [-0.05, 0) is 153 Å². The van der Waals surface area contributed by atoms with Gasteiger partial charge >= 0.3 is 0 Å². The second kappa shape index (κ2) is 19.9. The highest BCUT2D eigenvalue weighted by Gasteiger charge is 2.33. The van der Waals surface area contributed by atoms with Crippen LogP contribution in [0.15, 0.2) is 201 Å². The fourth-order valence-corrected chi connectivity index (χ4v) is 11.8. The summed E-state index contributed by atoms with van der Waals surface area (Å²) in [6, 6.07) is 64.9. The van der Waals surface area contributed by atoms with Gasteiger partial charge in [-0.1, -0.05) is 193 Å². The summed E-state index contributed by atoms with van der Waals surface area (Å²) in [7, 11) is 0. The first kappa shape index (κ1) is 45.2. The third kappa shape index (κ3) is 8.76. The molecule has 2 unspecified atom stereocenters. The molecule has 2 heterocycles. The van der Waals surface area contributed by atoms with Gasteiger partial charge < -0.3 is 0 Å². The van der Waals surface area contributed by atoms with Crippen LogP contribution < -0.4 is 10.4 Å². The molecule has 0 radical (unpaired) electrons. The molecule has 1 aliphatic carbocycles. The first-order chi connectivity index (χ1) is 32.9. The van der Waals surface area contributed by atoms with Crippen molar-refractivity contribution in [1.82, 2.24) is 0 Å². The van der Waals surface area contributed by atoms with E-state index >= 15 is 0 Å². The number of benzene rings is 10. The quantitative estimate of drug-likeness (QED) is 0.0946. The number of thiophene rings is 1. The van der Waals surface area contributed by atoms with Crippen LogP contribution >= 0.6 is 23.1 Å². The Morgan fingerprint density at radius 1 is 0.463 bits per heavy atom. The summed E-state index contributed by atoms with van der Waals surface area (Å²) in [5.41, 5.74) is 5.42. The van der Waals surface area contributed by atoms with Crippen LogP contribution in [0.5, 0.6) is 0 Å². The van der Waals surface area contributed by atoms with E-state index in [1.54, 1.807) is 6.08 Å². The predicted octanol–water partition coefficient (Wildman–Crippen LogP) is 18.5. The third-order valence-electron chi connectivity index (χ3n) is 12.6. The smallest absolute Gasteiger partial charge is 0.0381 e. The normalized spacial score (nSPS) is 14.5. The van der Waals surface area contributed by atoms with E-state index in [4.69, 9.17) is 0 Å². The van der Waals surface area contributed by atoms with Crippen LogP contribution in [0, 0.1) is 0 Å². The summed E-state index contributed by atoms with van der Waals surface area (Å²) in [5.74, 6) is 0.370. The topological polar surface area (TPSA) is 0 Å². The fraction of sp³-hybridized carbons (Fsp3) is 0.108. The van der Waals surface area contributed by atoms with E-state index in [0.717, 1.165) is 10.4 Å². The van der Waals surface area contributed by atoms with Crippen LogP contribution in [0.1, 0.15) is 57.2 Å². The Labute approximate surface area is 403 Å². The van der Waals surface area contributed by atoms with E-state index in [1.807, 2.05) is 82.0 Å². The third-order valence-corrected chi connectivity index (χ3v) is 15.1. The minimum Gasteiger partial charge on any atom is -0.135 e. The van der Waals surface area contributed by atoms with Crippen LogP contribution in [-0.4, -0.2) is 5.25 Å². The van der Waals surface area contributed by atoms with Crippen molar-refractivity contribution < 1.29 is 0 Å². The predicted molar refractivity (Wildman–Crippen MR) is 305 cm³/mol. The SMILES string of the molecule is C1=CC2SC(c3ccc4cc5ccccc5cc4c3)=CC2c2ccc3c(ccc4c5cc(-c6ccc7cc8ccccc8cc7c6)sc5ccc34)c21.C=CC.C=c1ccccc1=C.CC.CC. The van der Waals surface area contributed by atoms with Crippen molar-refractivity contribution in [3.05, 3.63) is 228 Å². The average molecular weight is 901 g/mol. The molecule has 0 N–H and O–H groups in total. The highest BCUT2D eigenvalue weighted by atomic mass is 32.2. The summed E-state index contributed by atoms with van der Waals surface area (Å²) < 4.78 is 1.34. The lowest BCUT2D eigenvalue weighted by molar-refractivity contribution is 0.888. The van der Waals surface area contributed by atoms with Crippen LogP contribution in [0.25, 0.3) is 109 Å². The van der Waals surface area contributed by atoms with Crippen LogP contribution in [0.4, 0.5) is 0 Å². The molecule has 10 aromatic carbocycles. The number of fused-ring (bicyclic) bond motifs is 13. The molecule has 0 amide bonds. The number of thioether (sulfide) groups is 1. The van der Waals surface area contributed by atoms with E-state index in [-0.39, 0.29) is 0 Å². The molecule has 13 rings (SSSR count). The minimum atomic E-state index is 0.370. The van der Waals surface area contributed by atoms with E-state index in [1.165, 1.54) is 107 Å². The van der Waals surface area contributed by atoms with Gasteiger partial charge in [0.15, 0.2) is 0 Å². The Bertz CT molecular complexity index is 3780. The highest BCUT2D eigenvalue weighted by Crippen LogP contribution is 2.52. The van der Waals surface area contributed by atoms with Crippen LogP contribution in [-0.2, 0) is 0 Å². The molecule has 2 atom stereocenters. The standard InChI is InChI=1S/C50H30S2.C8H8.C3H6.2C2H6/c1-3-7-31-23-37-25-35(11-9-33(37)21-29(31)5-1)49-27-45-43-15-13-40-39(41(43)17-19-47(45)51-49)14-16-44-42(40)18-20-48-46(44)28-50(52-48)36-12-10-34-22-30-6-2-4-8-32(30)24-38(34)26-36;1-7-5-3-4-6-8(7)2;1-3-2;2*1-2/h1-28,45,47H;3-6H,1-2H2;3H,1H2,2H3;2*1-2H3. The maximum atomic E-state index is 3.76. The molecule has 0 saturated heterocycles. The molecule has 0 fully saturated rings. The summed E-state index contributed by atoms with van der Waals surface area (Å²) >= 11 is 3.90. The van der Waals surface area contributed by atoms with E-state index in [2.05, 4.69) is 190 Å². The average Bonchev–Trinajstić information content (AvgIpc) is 4.03. The maximum Gasteiger partial charge on any atom is 0.0381 e. The van der Waals surface area contributed by atoms with Crippen molar-refractivity contribution in [1.29, 1.82) is 0 Å². The number of hydrogen-bond donors (Lipinski definition) is 0. The largest absolute Gasteiger partial charge is 0.135 e. The Morgan fingerprint density at radius 2 is 0.925 bits per heavy atom. The molecule has 2 aliphatic rings. The Morgan fingerprint density at radius 3 is 1.52 bits per heavy atom. The van der Waals surface area contributed by atoms with E-state index in [0.29, 0.717) is 11.2 Å². The van der Waals surface area contributed by atoms with Gasteiger partial charge in [0, 0.05) is 31.0 Å². The zero-order valence-electron chi connectivity index (χ0n) is 39.1. The van der Waals surface area contributed by atoms with Gasteiger partial charge in [0.25, 0.3) is 0 Å². The summed E-state index contributed by atoms with van der Waals surface area (Å²) in [5, 5.41) is 19.5. The molecular weight excluding hydrogens is 845 g/mol. The lowest BCUT2D eigenvalue weighted by Gasteiger charge is -2.24. The van der Waals surface area contributed by atoms with Gasteiger partial charge in [0.2, 0.25) is 0 Å². The van der Waals surface area contributed by atoms with Crippen LogP contribution in [0.3, 0.4) is 0 Å². The zero-order chi connectivity index (χ0) is 46.6. The molecule has 2 heteroatoms. The first-order valence-corrected chi connectivity index (χ1v) is 25.3.